The number of rotatable bonds is 1. The van der Waals surface area contributed by atoms with Gasteiger partial charge < -0.3 is 4.74 Å². The molecule has 78 valence electrons. The van der Waals surface area contributed by atoms with Crippen LogP contribution in [0.2, 0.25) is 0 Å². The summed E-state index contributed by atoms with van der Waals surface area (Å²) in [5.74, 6) is 2.13. The van der Waals surface area contributed by atoms with Crippen LogP contribution in [0.5, 0.6) is 0 Å². The highest BCUT2D eigenvalue weighted by Crippen LogP contribution is 2.41. The van der Waals surface area contributed by atoms with Gasteiger partial charge in [-0.3, -0.25) is 0 Å². The summed E-state index contributed by atoms with van der Waals surface area (Å²) in [4.78, 5) is 0. The molecule has 0 bridgehead atoms. The Kier molecular flexibility index (Phi) is 3.06. The molecular weight excluding hydrogens is 160 g/mol. The fourth-order valence-corrected chi connectivity index (χ4v) is 2.49. The third-order valence-corrected chi connectivity index (χ3v) is 4.16. The van der Waals surface area contributed by atoms with Crippen molar-refractivity contribution in [3.8, 4) is 0 Å². The van der Waals surface area contributed by atoms with Gasteiger partial charge in [-0.05, 0) is 38.0 Å². The molecule has 1 saturated heterocycles. The van der Waals surface area contributed by atoms with Crippen LogP contribution in [0.4, 0.5) is 0 Å². The van der Waals surface area contributed by atoms with Crippen LogP contribution in [-0.4, -0.2) is 11.7 Å². The summed E-state index contributed by atoms with van der Waals surface area (Å²) in [6.07, 6.45) is 1.60. The molecule has 1 heteroatoms. The third-order valence-electron chi connectivity index (χ3n) is 4.16. The maximum atomic E-state index is 6.12. The average molecular weight is 184 g/mol. The van der Waals surface area contributed by atoms with Crippen molar-refractivity contribution >= 4 is 0 Å². The van der Waals surface area contributed by atoms with E-state index in [4.69, 9.17) is 4.74 Å². The monoisotopic (exact) mass is 184 g/mol. The van der Waals surface area contributed by atoms with E-state index in [0.29, 0.717) is 17.9 Å². The Morgan fingerprint density at radius 2 is 1.62 bits per heavy atom. The first-order chi connectivity index (χ1) is 5.90. The van der Waals surface area contributed by atoms with Crippen LogP contribution < -0.4 is 0 Å². The standard InChI is InChI=1S/C12H24O/c1-7-11-9(3)8(2)10(4)12(5,6)13-11/h8-11H,7H2,1-6H3. The van der Waals surface area contributed by atoms with Gasteiger partial charge in [-0.25, -0.2) is 0 Å². The quantitative estimate of drug-likeness (QED) is 0.606. The van der Waals surface area contributed by atoms with Gasteiger partial charge in [0.1, 0.15) is 0 Å². The van der Waals surface area contributed by atoms with E-state index in [1.54, 1.807) is 0 Å². The average Bonchev–Trinajstić information content (AvgIpc) is 2.08. The van der Waals surface area contributed by atoms with Crippen LogP contribution in [0.15, 0.2) is 0 Å². The lowest BCUT2D eigenvalue weighted by molar-refractivity contribution is -0.183. The van der Waals surface area contributed by atoms with E-state index in [1.165, 1.54) is 0 Å². The first-order valence-corrected chi connectivity index (χ1v) is 5.58. The Hall–Kier alpha value is -0.0400. The van der Waals surface area contributed by atoms with Crippen molar-refractivity contribution in [3.05, 3.63) is 0 Å². The number of hydrogen-bond acceptors (Lipinski definition) is 1. The highest BCUT2D eigenvalue weighted by Gasteiger charge is 2.42. The summed E-state index contributed by atoms with van der Waals surface area (Å²) < 4.78 is 6.12. The highest BCUT2D eigenvalue weighted by atomic mass is 16.5. The molecule has 0 aromatic carbocycles. The van der Waals surface area contributed by atoms with Crippen LogP contribution >= 0.6 is 0 Å². The Balaban J connectivity index is 2.79. The topological polar surface area (TPSA) is 9.23 Å². The summed E-state index contributed by atoms with van der Waals surface area (Å²) in [7, 11) is 0. The van der Waals surface area contributed by atoms with Crippen molar-refractivity contribution in [1.29, 1.82) is 0 Å². The molecule has 1 nitrogen and oxygen atoms in total. The van der Waals surface area contributed by atoms with E-state index in [1.807, 2.05) is 0 Å². The summed E-state index contributed by atoms with van der Waals surface area (Å²) in [6, 6.07) is 0. The summed E-state index contributed by atoms with van der Waals surface area (Å²) in [5, 5.41) is 0. The second-order valence-corrected chi connectivity index (χ2v) is 5.17. The molecule has 0 spiro atoms. The van der Waals surface area contributed by atoms with Gasteiger partial charge in [0.05, 0.1) is 11.7 Å². The maximum absolute atomic E-state index is 6.12. The molecule has 0 aromatic heterocycles. The summed E-state index contributed by atoms with van der Waals surface area (Å²) in [6.45, 7) is 13.7. The fraction of sp³-hybridized carbons (Fsp3) is 1.00. The Labute approximate surface area is 82.9 Å². The highest BCUT2D eigenvalue weighted by molar-refractivity contribution is 4.90. The van der Waals surface area contributed by atoms with Crippen molar-refractivity contribution in [1.82, 2.24) is 0 Å². The van der Waals surface area contributed by atoms with E-state index in [9.17, 15) is 0 Å². The molecular formula is C12H24O. The number of hydrogen-bond donors (Lipinski definition) is 0. The zero-order chi connectivity index (χ0) is 10.2. The van der Waals surface area contributed by atoms with Crippen LogP contribution in [-0.2, 0) is 4.74 Å². The van der Waals surface area contributed by atoms with Gasteiger partial charge in [0, 0.05) is 0 Å². The third kappa shape index (κ3) is 1.90. The molecule has 4 unspecified atom stereocenters. The van der Waals surface area contributed by atoms with E-state index in [-0.39, 0.29) is 5.60 Å². The molecule has 13 heavy (non-hydrogen) atoms. The van der Waals surface area contributed by atoms with E-state index < -0.39 is 0 Å². The molecule has 1 heterocycles. The summed E-state index contributed by atoms with van der Waals surface area (Å²) in [5.41, 5.74) is 0.0621. The second-order valence-electron chi connectivity index (χ2n) is 5.17. The predicted molar refractivity (Wildman–Crippen MR) is 56.7 cm³/mol. The molecule has 1 aliphatic heterocycles. The molecule has 0 saturated carbocycles. The molecule has 1 fully saturated rings. The smallest absolute Gasteiger partial charge is 0.0658 e. The maximum Gasteiger partial charge on any atom is 0.0658 e. The Bertz CT molecular complexity index is 172. The zero-order valence-corrected chi connectivity index (χ0v) is 9.92. The lowest BCUT2D eigenvalue weighted by atomic mass is 9.71. The van der Waals surface area contributed by atoms with Gasteiger partial charge in [0.2, 0.25) is 0 Å². The fourth-order valence-electron chi connectivity index (χ4n) is 2.49. The zero-order valence-electron chi connectivity index (χ0n) is 9.92. The van der Waals surface area contributed by atoms with Crippen molar-refractivity contribution < 1.29 is 4.74 Å². The first-order valence-electron chi connectivity index (χ1n) is 5.58. The van der Waals surface area contributed by atoms with Crippen molar-refractivity contribution in [2.45, 2.75) is 59.7 Å². The summed E-state index contributed by atoms with van der Waals surface area (Å²) >= 11 is 0. The molecule has 0 aliphatic carbocycles. The SMILES string of the molecule is CCC1OC(C)(C)C(C)C(C)C1C. The van der Waals surface area contributed by atoms with E-state index in [0.717, 1.165) is 12.3 Å². The largest absolute Gasteiger partial charge is 0.372 e. The minimum absolute atomic E-state index is 0.0621. The number of ether oxygens (including phenoxy) is 1. The van der Waals surface area contributed by atoms with Crippen LogP contribution in [0.25, 0.3) is 0 Å². The van der Waals surface area contributed by atoms with Gasteiger partial charge in [0.25, 0.3) is 0 Å². The minimum atomic E-state index is 0.0621. The second kappa shape index (κ2) is 3.61. The molecule has 0 aromatic rings. The van der Waals surface area contributed by atoms with Crippen molar-refractivity contribution in [2.24, 2.45) is 17.8 Å². The van der Waals surface area contributed by atoms with Gasteiger partial charge >= 0.3 is 0 Å². The lowest BCUT2D eigenvalue weighted by Gasteiger charge is -2.48. The van der Waals surface area contributed by atoms with Gasteiger partial charge in [0.15, 0.2) is 0 Å². The van der Waals surface area contributed by atoms with Crippen molar-refractivity contribution in [2.75, 3.05) is 0 Å². The molecule has 0 radical (unpaired) electrons. The molecule has 0 N–H and O–H groups in total. The van der Waals surface area contributed by atoms with Gasteiger partial charge in [-0.1, -0.05) is 27.7 Å². The molecule has 1 rings (SSSR count). The Morgan fingerprint density at radius 3 is 2.08 bits per heavy atom. The molecule has 1 aliphatic rings. The van der Waals surface area contributed by atoms with Gasteiger partial charge in [-0.2, -0.15) is 0 Å². The van der Waals surface area contributed by atoms with Crippen molar-refractivity contribution in [3.63, 3.8) is 0 Å². The van der Waals surface area contributed by atoms with Crippen LogP contribution in [0.3, 0.4) is 0 Å². The molecule has 0 amide bonds. The van der Waals surface area contributed by atoms with E-state index >= 15 is 0 Å². The predicted octanol–water partition coefficient (Wildman–Crippen LogP) is 3.48. The minimum Gasteiger partial charge on any atom is -0.372 e. The Morgan fingerprint density at radius 1 is 1.08 bits per heavy atom. The first kappa shape index (κ1) is 11.0. The van der Waals surface area contributed by atoms with Crippen LogP contribution in [0, 0.1) is 17.8 Å². The molecule has 4 atom stereocenters. The normalized spacial score (nSPS) is 44.8. The lowest BCUT2D eigenvalue weighted by Crippen LogP contribution is -2.50. The van der Waals surface area contributed by atoms with Gasteiger partial charge in [-0.15, -0.1) is 0 Å². The van der Waals surface area contributed by atoms with E-state index in [2.05, 4.69) is 41.5 Å². The van der Waals surface area contributed by atoms with Crippen LogP contribution in [0.1, 0.15) is 48.0 Å².